The summed E-state index contributed by atoms with van der Waals surface area (Å²) in [5.74, 6) is -3.87. The topological polar surface area (TPSA) is 115 Å². The Kier molecular flexibility index (Phi) is 4.49. The summed E-state index contributed by atoms with van der Waals surface area (Å²) < 4.78 is 0. The molecule has 0 radical (unpaired) electrons. The first-order chi connectivity index (χ1) is 10.8. The summed E-state index contributed by atoms with van der Waals surface area (Å²) in [7, 11) is 0. The molecule has 2 rings (SSSR count). The zero-order chi connectivity index (χ0) is 17.1. The Morgan fingerprint density at radius 1 is 0.739 bits per heavy atom. The molecule has 2 aromatic carbocycles. The van der Waals surface area contributed by atoms with Crippen LogP contribution in [0, 0.1) is 0 Å². The van der Waals surface area contributed by atoms with E-state index in [9.17, 15) is 19.8 Å². The Morgan fingerprint density at radius 2 is 1.09 bits per heavy atom. The summed E-state index contributed by atoms with van der Waals surface area (Å²) in [5.41, 5.74) is -4.53. The second-order valence-corrected chi connectivity index (χ2v) is 5.24. The van der Waals surface area contributed by atoms with Crippen LogP contribution in [0.5, 0.6) is 0 Å². The van der Waals surface area contributed by atoms with Crippen molar-refractivity contribution in [2.75, 3.05) is 0 Å². The van der Waals surface area contributed by atoms with Crippen LogP contribution >= 0.6 is 0 Å². The molecule has 0 aliphatic heterocycles. The van der Waals surface area contributed by atoms with Gasteiger partial charge in [-0.3, -0.25) is 0 Å². The Balaban J connectivity index is 2.60. The predicted octanol–water partition coefficient (Wildman–Crippen LogP) is 1.21. The molecule has 0 atom stereocenters. The zero-order valence-electron chi connectivity index (χ0n) is 12.1. The molecule has 4 N–H and O–H groups in total. The van der Waals surface area contributed by atoms with E-state index in [2.05, 4.69) is 0 Å². The van der Waals surface area contributed by atoms with Gasteiger partial charge in [0.15, 0.2) is 0 Å². The highest BCUT2D eigenvalue weighted by Gasteiger charge is 2.52. The molecule has 0 heterocycles. The molecular formula is C17H16O6. The number of aliphatic carboxylic acids is 2. The van der Waals surface area contributed by atoms with Gasteiger partial charge in [0.05, 0.1) is 0 Å². The van der Waals surface area contributed by atoms with Gasteiger partial charge >= 0.3 is 11.9 Å². The summed E-state index contributed by atoms with van der Waals surface area (Å²) >= 11 is 0. The first kappa shape index (κ1) is 16.7. The molecule has 0 unspecified atom stereocenters. The van der Waals surface area contributed by atoms with Crippen molar-refractivity contribution < 1.29 is 30.0 Å². The maximum absolute atomic E-state index is 11.3. The lowest BCUT2D eigenvalue weighted by Crippen LogP contribution is -2.52. The van der Waals surface area contributed by atoms with Gasteiger partial charge in [-0.15, -0.1) is 0 Å². The normalized spacial score (nSPS) is 11.9. The fraction of sp³-hybridized carbons (Fsp3) is 0.176. The van der Waals surface area contributed by atoms with Crippen molar-refractivity contribution in [3.63, 3.8) is 0 Å². The van der Waals surface area contributed by atoms with Crippen LogP contribution in [0.3, 0.4) is 0 Å². The highest BCUT2D eigenvalue weighted by atomic mass is 16.4. The third-order valence-electron chi connectivity index (χ3n) is 3.72. The Hall–Kier alpha value is -2.70. The van der Waals surface area contributed by atoms with Gasteiger partial charge in [-0.05, 0) is 11.1 Å². The highest BCUT2D eigenvalue weighted by Crippen LogP contribution is 2.37. The van der Waals surface area contributed by atoms with Crippen molar-refractivity contribution in [2.24, 2.45) is 0 Å². The molecule has 120 valence electrons. The molecule has 0 spiro atoms. The number of hydrogen-bond acceptors (Lipinski definition) is 4. The Morgan fingerprint density at radius 3 is 1.39 bits per heavy atom. The lowest BCUT2D eigenvalue weighted by atomic mass is 9.77. The molecule has 0 saturated carbocycles. The maximum atomic E-state index is 11.3. The van der Waals surface area contributed by atoms with Gasteiger partial charge in [-0.2, -0.15) is 0 Å². The fourth-order valence-corrected chi connectivity index (χ4v) is 2.41. The van der Waals surface area contributed by atoms with E-state index in [1.807, 2.05) is 0 Å². The van der Waals surface area contributed by atoms with Crippen molar-refractivity contribution in [1.29, 1.82) is 0 Å². The van der Waals surface area contributed by atoms with Gasteiger partial charge in [-0.1, -0.05) is 60.7 Å². The summed E-state index contributed by atoms with van der Waals surface area (Å²) in [6, 6.07) is 16.1. The lowest BCUT2D eigenvalue weighted by Gasteiger charge is -2.34. The zero-order valence-corrected chi connectivity index (χ0v) is 12.1. The van der Waals surface area contributed by atoms with E-state index in [4.69, 9.17) is 10.2 Å². The Bertz CT molecular complexity index is 642. The van der Waals surface area contributed by atoms with E-state index in [1.54, 1.807) is 36.4 Å². The SMILES string of the molecule is O=C(O)C(O)(CC(O)(c1ccccc1)c1ccccc1)C(=O)O. The van der Waals surface area contributed by atoms with Crippen LogP contribution in [0.2, 0.25) is 0 Å². The molecule has 2 aromatic rings. The van der Waals surface area contributed by atoms with Gasteiger partial charge in [0.2, 0.25) is 0 Å². The van der Waals surface area contributed by atoms with E-state index in [0.717, 1.165) is 0 Å². The van der Waals surface area contributed by atoms with Crippen molar-refractivity contribution in [3.8, 4) is 0 Å². The second-order valence-electron chi connectivity index (χ2n) is 5.24. The molecule has 6 nitrogen and oxygen atoms in total. The third-order valence-corrected chi connectivity index (χ3v) is 3.72. The molecule has 0 amide bonds. The average molecular weight is 316 g/mol. The number of carboxylic acid groups (broad SMARTS) is 2. The molecular weight excluding hydrogens is 300 g/mol. The first-order valence-corrected chi connectivity index (χ1v) is 6.83. The summed E-state index contributed by atoms with van der Waals surface area (Å²) in [5, 5.41) is 39.4. The number of aliphatic hydroxyl groups is 2. The van der Waals surface area contributed by atoms with Gasteiger partial charge in [-0.25, -0.2) is 9.59 Å². The molecule has 6 heteroatoms. The average Bonchev–Trinajstić information content (AvgIpc) is 2.56. The van der Waals surface area contributed by atoms with Crippen LogP contribution in [0.4, 0.5) is 0 Å². The van der Waals surface area contributed by atoms with E-state index in [0.29, 0.717) is 0 Å². The molecule has 0 aromatic heterocycles. The van der Waals surface area contributed by atoms with Crippen LogP contribution in [-0.4, -0.2) is 38.0 Å². The minimum absolute atomic E-state index is 0.284. The number of carboxylic acids is 2. The molecule has 0 fully saturated rings. The molecule has 0 aliphatic carbocycles. The third kappa shape index (κ3) is 3.08. The van der Waals surface area contributed by atoms with Gasteiger partial charge in [0.1, 0.15) is 5.60 Å². The van der Waals surface area contributed by atoms with E-state index < -0.39 is 29.6 Å². The summed E-state index contributed by atoms with van der Waals surface area (Å²) in [4.78, 5) is 22.5. The maximum Gasteiger partial charge on any atom is 0.347 e. The Labute approximate surface area is 132 Å². The smallest absolute Gasteiger partial charge is 0.347 e. The van der Waals surface area contributed by atoms with Gasteiger partial charge < -0.3 is 20.4 Å². The first-order valence-electron chi connectivity index (χ1n) is 6.83. The minimum Gasteiger partial charge on any atom is -0.479 e. The summed E-state index contributed by atoms with van der Waals surface area (Å²) in [6.45, 7) is 0. The van der Waals surface area contributed by atoms with Crippen molar-refractivity contribution >= 4 is 11.9 Å². The highest BCUT2D eigenvalue weighted by molar-refractivity contribution is 6.01. The van der Waals surface area contributed by atoms with E-state index >= 15 is 0 Å². The van der Waals surface area contributed by atoms with E-state index in [1.165, 1.54) is 24.3 Å². The van der Waals surface area contributed by atoms with Gasteiger partial charge in [0.25, 0.3) is 5.60 Å². The minimum atomic E-state index is -3.12. The molecule has 23 heavy (non-hydrogen) atoms. The second kappa shape index (κ2) is 6.20. The molecule has 0 saturated heterocycles. The van der Waals surface area contributed by atoms with Gasteiger partial charge in [0, 0.05) is 6.42 Å². The van der Waals surface area contributed by atoms with Crippen molar-refractivity contribution in [2.45, 2.75) is 17.6 Å². The number of hydrogen-bond donors (Lipinski definition) is 4. The standard InChI is InChI=1S/C17H16O6/c18-14(19)17(23,15(20)21)11-16(22,12-7-3-1-4-8-12)13-9-5-2-6-10-13/h1-10,22-23H,11H2,(H,18,19)(H,20,21). The van der Waals surface area contributed by atoms with Crippen LogP contribution in [0.25, 0.3) is 0 Å². The monoisotopic (exact) mass is 316 g/mol. The van der Waals surface area contributed by atoms with Crippen LogP contribution in [-0.2, 0) is 15.2 Å². The van der Waals surface area contributed by atoms with E-state index in [-0.39, 0.29) is 11.1 Å². The van der Waals surface area contributed by atoms with Crippen LogP contribution < -0.4 is 0 Å². The van der Waals surface area contributed by atoms with Crippen LogP contribution in [0.15, 0.2) is 60.7 Å². The number of benzene rings is 2. The molecule has 0 aliphatic rings. The fourth-order valence-electron chi connectivity index (χ4n) is 2.41. The number of rotatable bonds is 6. The van der Waals surface area contributed by atoms with Crippen molar-refractivity contribution in [3.05, 3.63) is 71.8 Å². The molecule has 0 bridgehead atoms. The lowest BCUT2D eigenvalue weighted by molar-refractivity contribution is -0.182. The quantitative estimate of drug-likeness (QED) is 0.596. The predicted molar refractivity (Wildman–Crippen MR) is 80.7 cm³/mol. The van der Waals surface area contributed by atoms with Crippen LogP contribution in [0.1, 0.15) is 17.5 Å². The number of carbonyl (C=O) groups is 2. The summed E-state index contributed by atoms with van der Waals surface area (Å²) in [6.07, 6.45) is -0.932. The van der Waals surface area contributed by atoms with Crippen molar-refractivity contribution in [1.82, 2.24) is 0 Å². The largest absolute Gasteiger partial charge is 0.479 e.